The predicted molar refractivity (Wildman–Crippen MR) is 193 cm³/mol. The quantitative estimate of drug-likeness (QED) is 0.0490. The van der Waals surface area contributed by atoms with E-state index in [1.54, 1.807) is 11.1 Å². The third-order valence-corrected chi connectivity index (χ3v) is 10.9. The van der Waals surface area contributed by atoms with E-state index in [9.17, 15) is 40.5 Å². The van der Waals surface area contributed by atoms with Crippen LogP contribution in [0.1, 0.15) is 126 Å². The van der Waals surface area contributed by atoms with Crippen molar-refractivity contribution in [3.05, 3.63) is 47.5 Å². The van der Waals surface area contributed by atoms with Gasteiger partial charge in [0.25, 0.3) is 0 Å². The minimum Gasteiger partial charge on any atom is -0.460 e. The van der Waals surface area contributed by atoms with E-state index in [2.05, 4.69) is 36.4 Å². The van der Waals surface area contributed by atoms with Crippen LogP contribution in [-0.4, -0.2) is 116 Å². The van der Waals surface area contributed by atoms with E-state index in [1.807, 2.05) is 0 Å². The number of allylic oxidation sites excluding steroid dienone is 2. The molecule has 10 atom stereocenters. The van der Waals surface area contributed by atoms with Crippen molar-refractivity contribution >= 4 is 5.97 Å². The van der Waals surface area contributed by atoms with Gasteiger partial charge in [-0.2, -0.15) is 0 Å². The number of carbonyl (C=O) groups is 1. The second kappa shape index (κ2) is 22.4. The zero-order chi connectivity index (χ0) is 37.3. The number of hydrogen-bond acceptors (Lipinski definition) is 12. The zero-order valence-electron chi connectivity index (χ0n) is 30.7. The van der Waals surface area contributed by atoms with E-state index in [-0.39, 0.29) is 6.42 Å². The molecular weight excluding hydrogens is 672 g/mol. The third-order valence-electron chi connectivity index (χ3n) is 10.9. The van der Waals surface area contributed by atoms with Gasteiger partial charge in [0.05, 0.1) is 13.2 Å². The molecule has 1 aromatic carbocycles. The summed E-state index contributed by atoms with van der Waals surface area (Å²) in [6.07, 6.45) is 11.5. The van der Waals surface area contributed by atoms with E-state index in [1.165, 1.54) is 64.2 Å². The lowest BCUT2D eigenvalue weighted by molar-refractivity contribution is -0.383. The Kier molecular flexibility index (Phi) is 18.4. The standard InChI is InChI=1S/C40H64O12/c41-25-31-34(44)36(46)37(47)39(50-31)52-40(38(48)35(45)32(26-42)51-40)27-49-33(43)24-15-13-11-9-7-5-3-1-2-4-6-8-10-12-14-19-28-21-18-22-29-20-16-17-23-30(28)29/h1,3,16-17,20,23,28,31-32,34-39,41-42,44-48H,2,4-15,18-19,21-22,24-27H2/t28?,31-,32-,34-,35-,36+,37-,38+,39-,40+/m1/s1. The summed E-state index contributed by atoms with van der Waals surface area (Å²) in [4.78, 5) is 12.6. The lowest BCUT2D eigenvalue weighted by Gasteiger charge is -2.43. The fourth-order valence-corrected chi connectivity index (χ4v) is 7.68. The molecule has 2 heterocycles. The van der Waals surface area contributed by atoms with Gasteiger partial charge in [-0.1, -0.05) is 87.8 Å². The van der Waals surface area contributed by atoms with Crippen LogP contribution in [0.5, 0.6) is 0 Å². The number of benzene rings is 1. The highest BCUT2D eigenvalue weighted by Crippen LogP contribution is 2.37. The van der Waals surface area contributed by atoms with Gasteiger partial charge >= 0.3 is 5.97 Å². The summed E-state index contributed by atoms with van der Waals surface area (Å²) < 4.78 is 21.9. The summed E-state index contributed by atoms with van der Waals surface area (Å²) in [5, 5.41) is 70.8. The average molecular weight is 737 g/mol. The Balaban J connectivity index is 1.01. The van der Waals surface area contributed by atoms with Crippen LogP contribution in [0.3, 0.4) is 0 Å². The molecule has 0 spiro atoms. The molecule has 1 unspecified atom stereocenters. The van der Waals surface area contributed by atoms with Crippen molar-refractivity contribution in [1.82, 2.24) is 0 Å². The van der Waals surface area contributed by atoms with Crippen LogP contribution in [-0.2, 0) is 30.2 Å². The molecule has 0 radical (unpaired) electrons. The largest absolute Gasteiger partial charge is 0.460 e. The molecule has 296 valence electrons. The Hall–Kier alpha value is -1.97. The molecule has 2 fully saturated rings. The van der Waals surface area contributed by atoms with Crippen LogP contribution in [0, 0.1) is 0 Å². The van der Waals surface area contributed by atoms with E-state index >= 15 is 0 Å². The Bertz CT molecular complexity index is 1190. The number of rotatable bonds is 23. The highest BCUT2D eigenvalue weighted by Gasteiger charge is 2.59. The van der Waals surface area contributed by atoms with E-state index in [4.69, 9.17) is 18.9 Å². The number of fused-ring (bicyclic) bond motifs is 1. The summed E-state index contributed by atoms with van der Waals surface area (Å²) in [6.45, 7) is -2.12. The fourth-order valence-electron chi connectivity index (χ4n) is 7.68. The van der Waals surface area contributed by atoms with Gasteiger partial charge in [0.15, 0.2) is 6.29 Å². The summed E-state index contributed by atoms with van der Waals surface area (Å²) in [5.74, 6) is -2.08. The second-order valence-corrected chi connectivity index (χ2v) is 14.8. The van der Waals surface area contributed by atoms with E-state index < -0.39 is 80.6 Å². The number of carbonyl (C=O) groups excluding carboxylic acids is 1. The van der Waals surface area contributed by atoms with Gasteiger partial charge in [-0.25, -0.2) is 0 Å². The van der Waals surface area contributed by atoms with Gasteiger partial charge < -0.3 is 54.7 Å². The number of hydrogen-bond donors (Lipinski definition) is 7. The molecule has 2 aliphatic heterocycles. The lowest BCUT2D eigenvalue weighted by atomic mass is 9.80. The van der Waals surface area contributed by atoms with Gasteiger partial charge in [-0.15, -0.1) is 0 Å². The van der Waals surface area contributed by atoms with Gasteiger partial charge in [0, 0.05) is 6.42 Å². The minimum absolute atomic E-state index is 0.104. The molecule has 7 N–H and O–H groups in total. The van der Waals surface area contributed by atoms with Crippen LogP contribution in [0.2, 0.25) is 0 Å². The maximum absolute atomic E-state index is 12.6. The van der Waals surface area contributed by atoms with Crippen molar-refractivity contribution < 1.29 is 59.5 Å². The van der Waals surface area contributed by atoms with Crippen molar-refractivity contribution in [2.75, 3.05) is 19.8 Å². The van der Waals surface area contributed by atoms with Gasteiger partial charge in [-0.05, 0) is 74.8 Å². The first-order valence-corrected chi connectivity index (χ1v) is 19.7. The summed E-state index contributed by atoms with van der Waals surface area (Å²) in [6, 6.07) is 9.02. The monoisotopic (exact) mass is 736 g/mol. The number of ether oxygens (including phenoxy) is 4. The Morgan fingerprint density at radius 2 is 1.40 bits per heavy atom. The number of aliphatic hydroxyl groups is 7. The highest BCUT2D eigenvalue weighted by atomic mass is 16.8. The molecular formula is C40H64O12. The molecule has 1 aromatic rings. The Labute approximate surface area is 308 Å². The maximum Gasteiger partial charge on any atom is 0.305 e. The molecule has 12 heteroatoms. The normalized spacial score (nSPS) is 31.9. The first-order valence-electron chi connectivity index (χ1n) is 19.7. The smallest absolute Gasteiger partial charge is 0.305 e. The summed E-state index contributed by atoms with van der Waals surface area (Å²) in [5.41, 5.74) is 3.18. The Morgan fingerprint density at radius 3 is 2.08 bits per heavy atom. The average Bonchev–Trinajstić information content (AvgIpc) is 3.40. The zero-order valence-corrected chi connectivity index (χ0v) is 30.7. The van der Waals surface area contributed by atoms with Crippen LogP contribution < -0.4 is 0 Å². The van der Waals surface area contributed by atoms with Crippen LogP contribution in [0.25, 0.3) is 0 Å². The van der Waals surface area contributed by atoms with Crippen molar-refractivity contribution in [3.63, 3.8) is 0 Å². The second-order valence-electron chi connectivity index (χ2n) is 14.8. The van der Waals surface area contributed by atoms with Gasteiger partial charge in [0.1, 0.15) is 49.3 Å². The maximum atomic E-state index is 12.6. The van der Waals surface area contributed by atoms with Gasteiger partial charge in [0.2, 0.25) is 5.79 Å². The molecule has 52 heavy (non-hydrogen) atoms. The molecule has 2 saturated heterocycles. The molecule has 0 bridgehead atoms. The van der Waals surface area contributed by atoms with Crippen molar-refractivity contribution in [3.8, 4) is 0 Å². The predicted octanol–water partition coefficient (Wildman–Crippen LogP) is 3.68. The number of aryl methyl sites for hydroxylation is 1. The molecule has 0 saturated carbocycles. The van der Waals surface area contributed by atoms with Crippen LogP contribution in [0.4, 0.5) is 0 Å². The number of esters is 1. The van der Waals surface area contributed by atoms with Crippen molar-refractivity contribution in [2.24, 2.45) is 0 Å². The number of aliphatic hydroxyl groups excluding tert-OH is 7. The van der Waals surface area contributed by atoms with Crippen LogP contribution in [0.15, 0.2) is 36.4 Å². The topological polar surface area (TPSA) is 196 Å². The molecule has 12 nitrogen and oxygen atoms in total. The molecule has 1 aliphatic carbocycles. The van der Waals surface area contributed by atoms with Crippen LogP contribution >= 0.6 is 0 Å². The Morgan fingerprint density at radius 1 is 0.769 bits per heavy atom. The SMILES string of the molecule is O=C(CCCCCCCC=CCCCCCCCCC1CCCc2ccccc21)OC[C@@]1(O[C@H]2O[C@H](CO)[C@@H](O)[C@H](O)[C@H]2O)O[C@H](CO)[C@@H](O)[C@@H]1O. The lowest BCUT2D eigenvalue weighted by Crippen LogP contribution is -2.62. The molecule has 4 rings (SSSR count). The molecule has 0 aromatic heterocycles. The van der Waals surface area contributed by atoms with Gasteiger partial charge in [-0.3, -0.25) is 4.79 Å². The number of unbranched alkanes of at least 4 members (excludes halogenated alkanes) is 11. The summed E-state index contributed by atoms with van der Waals surface area (Å²) >= 11 is 0. The van der Waals surface area contributed by atoms with Crippen molar-refractivity contribution in [1.29, 1.82) is 0 Å². The first kappa shape index (κ1) is 42.8. The van der Waals surface area contributed by atoms with E-state index in [0.717, 1.165) is 44.4 Å². The van der Waals surface area contributed by atoms with Crippen molar-refractivity contribution in [2.45, 2.75) is 176 Å². The van der Waals surface area contributed by atoms with E-state index in [0.29, 0.717) is 6.42 Å². The molecule has 0 amide bonds. The fraction of sp³-hybridized carbons (Fsp3) is 0.775. The first-order chi connectivity index (χ1) is 25.2. The minimum atomic E-state index is -2.26. The molecule has 3 aliphatic rings. The highest BCUT2D eigenvalue weighted by molar-refractivity contribution is 5.69. The summed E-state index contributed by atoms with van der Waals surface area (Å²) in [7, 11) is 0. The third kappa shape index (κ3) is 12.3.